The number of benzene rings is 1. The van der Waals surface area contributed by atoms with Crippen molar-refractivity contribution in [3.8, 4) is 6.07 Å². The first-order chi connectivity index (χ1) is 7.17. The Balaban J connectivity index is 2.31. The van der Waals surface area contributed by atoms with Crippen LogP contribution in [0.15, 0.2) is 18.2 Å². The zero-order valence-corrected chi connectivity index (χ0v) is 8.58. The van der Waals surface area contributed by atoms with Gasteiger partial charge in [-0.1, -0.05) is 6.07 Å². The summed E-state index contributed by atoms with van der Waals surface area (Å²) in [6.07, 6.45) is 2.39. The topological polar surface area (TPSA) is 52.9 Å². The molecule has 15 heavy (non-hydrogen) atoms. The van der Waals surface area contributed by atoms with Crippen molar-refractivity contribution >= 4 is 6.41 Å². The van der Waals surface area contributed by atoms with E-state index in [-0.39, 0.29) is 5.54 Å². The van der Waals surface area contributed by atoms with Crippen molar-refractivity contribution < 1.29 is 4.79 Å². The Morgan fingerprint density at radius 1 is 1.47 bits per heavy atom. The summed E-state index contributed by atoms with van der Waals surface area (Å²) in [5.41, 5.74) is 2.90. The highest BCUT2D eigenvalue weighted by molar-refractivity contribution is 5.51. The molecular weight excluding hydrogens is 188 g/mol. The summed E-state index contributed by atoms with van der Waals surface area (Å²) in [6.45, 7) is 2.02. The number of hydrogen-bond acceptors (Lipinski definition) is 2. The molecule has 1 aliphatic rings. The smallest absolute Gasteiger partial charge is 0.207 e. The summed E-state index contributed by atoms with van der Waals surface area (Å²) >= 11 is 0. The summed E-state index contributed by atoms with van der Waals surface area (Å²) in [5, 5.41) is 11.6. The number of carbonyl (C=O) groups is 1. The van der Waals surface area contributed by atoms with Crippen molar-refractivity contribution in [3.63, 3.8) is 0 Å². The molecule has 0 aliphatic heterocycles. The number of amides is 1. The van der Waals surface area contributed by atoms with Crippen molar-refractivity contribution in [2.45, 2.75) is 25.3 Å². The second-order valence-corrected chi connectivity index (χ2v) is 4.27. The van der Waals surface area contributed by atoms with E-state index in [9.17, 15) is 4.79 Å². The van der Waals surface area contributed by atoms with Crippen LogP contribution in [0.4, 0.5) is 0 Å². The molecule has 1 amide bonds. The van der Waals surface area contributed by atoms with Crippen LogP contribution in [0.3, 0.4) is 0 Å². The Kier molecular flexibility index (Phi) is 2.20. The predicted molar refractivity (Wildman–Crippen MR) is 56.2 cm³/mol. The summed E-state index contributed by atoms with van der Waals surface area (Å²) in [6, 6.07) is 7.84. The third-order valence-electron chi connectivity index (χ3n) is 2.90. The van der Waals surface area contributed by atoms with Gasteiger partial charge in [-0.25, -0.2) is 0 Å². The van der Waals surface area contributed by atoms with Gasteiger partial charge >= 0.3 is 0 Å². The minimum absolute atomic E-state index is 0.182. The Morgan fingerprint density at radius 3 is 2.87 bits per heavy atom. The van der Waals surface area contributed by atoms with Gasteiger partial charge in [-0.3, -0.25) is 4.79 Å². The van der Waals surface area contributed by atoms with E-state index in [1.54, 1.807) is 0 Å². The van der Waals surface area contributed by atoms with Crippen LogP contribution in [0.25, 0.3) is 0 Å². The predicted octanol–water partition coefficient (Wildman–Crippen LogP) is 1.16. The number of nitriles is 1. The third-order valence-corrected chi connectivity index (χ3v) is 2.90. The van der Waals surface area contributed by atoms with Crippen molar-refractivity contribution in [1.29, 1.82) is 5.26 Å². The van der Waals surface area contributed by atoms with Gasteiger partial charge in [-0.2, -0.15) is 5.26 Å². The Labute approximate surface area is 88.7 Å². The number of fused-ring (bicyclic) bond motifs is 1. The molecule has 0 fully saturated rings. The van der Waals surface area contributed by atoms with Gasteiger partial charge in [0, 0.05) is 5.54 Å². The lowest BCUT2D eigenvalue weighted by Crippen LogP contribution is -2.42. The molecule has 1 aromatic rings. The molecular formula is C12H12N2O. The lowest BCUT2D eigenvalue weighted by molar-refractivity contribution is -0.111. The quantitative estimate of drug-likeness (QED) is 0.728. The molecule has 0 aromatic heterocycles. The number of rotatable bonds is 2. The summed E-state index contributed by atoms with van der Waals surface area (Å²) in [4.78, 5) is 10.5. The first-order valence-corrected chi connectivity index (χ1v) is 4.90. The molecule has 0 bridgehead atoms. The van der Waals surface area contributed by atoms with Crippen LogP contribution < -0.4 is 5.32 Å². The van der Waals surface area contributed by atoms with Gasteiger partial charge in [0.1, 0.15) is 0 Å². The Morgan fingerprint density at radius 2 is 2.20 bits per heavy atom. The van der Waals surface area contributed by atoms with Crippen LogP contribution in [-0.4, -0.2) is 11.9 Å². The van der Waals surface area contributed by atoms with Crippen LogP contribution in [0, 0.1) is 11.3 Å². The maximum absolute atomic E-state index is 10.5. The maximum atomic E-state index is 10.5. The van der Waals surface area contributed by atoms with E-state index < -0.39 is 0 Å². The number of nitrogens with zero attached hydrogens (tertiary/aromatic N) is 1. The number of carbonyl (C=O) groups excluding carboxylic acids is 1. The standard InChI is InChI=1S/C12H12N2O/c1-12(14-8-15)5-10-3-2-9(7-13)4-11(10)6-12/h2-4,8H,5-6H2,1H3,(H,14,15). The minimum Gasteiger partial charge on any atom is -0.353 e. The summed E-state index contributed by atoms with van der Waals surface area (Å²) < 4.78 is 0. The average Bonchev–Trinajstić information content (AvgIpc) is 2.53. The number of nitrogens with one attached hydrogen (secondary N) is 1. The first kappa shape index (κ1) is 9.72. The zero-order chi connectivity index (χ0) is 10.9. The van der Waals surface area contributed by atoms with Crippen molar-refractivity contribution in [1.82, 2.24) is 5.32 Å². The maximum Gasteiger partial charge on any atom is 0.207 e. The molecule has 0 radical (unpaired) electrons. The molecule has 1 atom stereocenters. The van der Waals surface area contributed by atoms with Gasteiger partial charge in [-0.05, 0) is 43.0 Å². The fourth-order valence-corrected chi connectivity index (χ4v) is 2.18. The fraction of sp³-hybridized carbons (Fsp3) is 0.333. The Hall–Kier alpha value is -1.82. The molecule has 1 aliphatic carbocycles. The van der Waals surface area contributed by atoms with Gasteiger partial charge in [0.25, 0.3) is 0 Å². The van der Waals surface area contributed by atoms with Gasteiger partial charge in [0.2, 0.25) is 6.41 Å². The second kappa shape index (κ2) is 3.39. The van der Waals surface area contributed by atoms with Gasteiger partial charge in [-0.15, -0.1) is 0 Å². The highest BCUT2D eigenvalue weighted by Crippen LogP contribution is 2.30. The molecule has 1 unspecified atom stereocenters. The molecule has 1 N–H and O–H groups in total. The monoisotopic (exact) mass is 200 g/mol. The molecule has 0 saturated heterocycles. The van der Waals surface area contributed by atoms with E-state index in [2.05, 4.69) is 11.4 Å². The Bertz CT molecular complexity index is 447. The lowest BCUT2D eigenvalue weighted by Gasteiger charge is -2.22. The molecule has 0 saturated carbocycles. The van der Waals surface area contributed by atoms with Crippen LogP contribution in [0.5, 0.6) is 0 Å². The SMILES string of the molecule is CC1(NC=O)Cc2ccc(C#N)cc2C1. The fourth-order valence-electron chi connectivity index (χ4n) is 2.18. The minimum atomic E-state index is -0.182. The normalized spacial score (nSPS) is 22.9. The largest absolute Gasteiger partial charge is 0.353 e. The second-order valence-electron chi connectivity index (χ2n) is 4.27. The molecule has 1 aromatic carbocycles. The van der Waals surface area contributed by atoms with E-state index in [1.165, 1.54) is 11.1 Å². The molecule has 3 nitrogen and oxygen atoms in total. The number of hydrogen-bond donors (Lipinski definition) is 1. The average molecular weight is 200 g/mol. The van der Waals surface area contributed by atoms with E-state index in [0.717, 1.165) is 19.3 Å². The van der Waals surface area contributed by atoms with E-state index in [0.29, 0.717) is 5.56 Å². The van der Waals surface area contributed by atoms with E-state index in [1.807, 2.05) is 25.1 Å². The van der Waals surface area contributed by atoms with Crippen molar-refractivity contribution in [2.24, 2.45) is 0 Å². The van der Waals surface area contributed by atoms with Crippen LogP contribution in [-0.2, 0) is 17.6 Å². The van der Waals surface area contributed by atoms with Crippen molar-refractivity contribution in [2.75, 3.05) is 0 Å². The van der Waals surface area contributed by atoms with Gasteiger partial charge in [0.05, 0.1) is 11.6 Å². The molecule has 3 heteroatoms. The van der Waals surface area contributed by atoms with Gasteiger partial charge < -0.3 is 5.32 Å². The molecule has 0 spiro atoms. The molecule has 0 heterocycles. The van der Waals surface area contributed by atoms with E-state index >= 15 is 0 Å². The molecule has 76 valence electrons. The highest BCUT2D eigenvalue weighted by Gasteiger charge is 2.32. The molecule has 2 rings (SSSR count). The summed E-state index contributed by atoms with van der Waals surface area (Å²) in [5.74, 6) is 0. The zero-order valence-electron chi connectivity index (χ0n) is 8.58. The van der Waals surface area contributed by atoms with E-state index in [4.69, 9.17) is 5.26 Å². The lowest BCUT2D eigenvalue weighted by atomic mass is 9.99. The van der Waals surface area contributed by atoms with Gasteiger partial charge in [0.15, 0.2) is 0 Å². The van der Waals surface area contributed by atoms with Crippen LogP contribution in [0.1, 0.15) is 23.6 Å². The third kappa shape index (κ3) is 1.71. The highest BCUT2D eigenvalue weighted by atomic mass is 16.1. The van der Waals surface area contributed by atoms with Crippen molar-refractivity contribution in [3.05, 3.63) is 34.9 Å². The first-order valence-electron chi connectivity index (χ1n) is 4.90. The summed E-state index contributed by atoms with van der Waals surface area (Å²) in [7, 11) is 0. The van der Waals surface area contributed by atoms with Crippen LogP contribution >= 0.6 is 0 Å². The van der Waals surface area contributed by atoms with Crippen LogP contribution in [0.2, 0.25) is 0 Å².